The first-order valence-corrected chi connectivity index (χ1v) is 11.8. The number of hydrogen-bond acceptors (Lipinski definition) is 4. The highest BCUT2D eigenvalue weighted by Gasteiger charge is 2.37. The summed E-state index contributed by atoms with van der Waals surface area (Å²) < 4.78 is 0. The largest absolute Gasteiger partial charge is 0.344 e. The fraction of sp³-hybridized carbons (Fsp3) is 0.375. The van der Waals surface area contributed by atoms with Crippen LogP contribution < -0.4 is 10.2 Å². The van der Waals surface area contributed by atoms with Gasteiger partial charge in [-0.3, -0.25) is 14.4 Å². The minimum atomic E-state index is -0.626. The van der Waals surface area contributed by atoms with Crippen molar-refractivity contribution in [1.82, 2.24) is 10.2 Å². The maximum atomic E-state index is 13.2. The molecule has 2 aliphatic rings. The maximum absolute atomic E-state index is 13.2. The summed E-state index contributed by atoms with van der Waals surface area (Å²) in [7, 11) is 0. The van der Waals surface area contributed by atoms with Gasteiger partial charge in [0, 0.05) is 49.7 Å². The molecule has 0 saturated carbocycles. The molecular formula is C24H27N3O3S. The van der Waals surface area contributed by atoms with Crippen LogP contribution in [0.1, 0.15) is 12.0 Å². The quantitative estimate of drug-likeness (QED) is 0.753. The van der Waals surface area contributed by atoms with E-state index in [-0.39, 0.29) is 24.1 Å². The Bertz CT molecular complexity index is 916. The van der Waals surface area contributed by atoms with Gasteiger partial charge in [0.05, 0.1) is 5.92 Å². The van der Waals surface area contributed by atoms with Gasteiger partial charge in [0.2, 0.25) is 17.7 Å². The molecule has 162 valence electrons. The van der Waals surface area contributed by atoms with Crippen LogP contribution in [0.4, 0.5) is 5.69 Å². The molecule has 1 N–H and O–H groups in total. The van der Waals surface area contributed by atoms with Crippen LogP contribution in [0.3, 0.4) is 0 Å². The predicted molar refractivity (Wildman–Crippen MR) is 123 cm³/mol. The van der Waals surface area contributed by atoms with Crippen molar-refractivity contribution in [2.24, 2.45) is 5.92 Å². The molecule has 2 aromatic rings. The molecule has 2 fully saturated rings. The van der Waals surface area contributed by atoms with Gasteiger partial charge in [-0.2, -0.15) is 11.8 Å². The van der Waals surface area contributed by atoms with E-state index in [1.165, 1.54) is 0 Å². The van der Waals surface area contributed by atoms with Crippen LogP contribution in [0.15, 0.2) is 60.7 Å². The SMILES string of the molecule is O=C(N[C@@H](Cc1ccccc1)C(=O)N1CCSCC1)[C@@H]1CC(=O)N(c2ccccc2)C1. The highest BCUT2D eigenvalue weighted by Crippen LogP contribution is 2.25. The monoisotopic (exact) mass is 437 g/mol. The molecule has 2 saturated heterocycles. The molecule has 3 amide bonds. The lowest BCUT2D eigenvalue weighted by atomic mass is 10.0. The van der Waals surface area contributed by atoms with E-state index in [0.29, 0.717) is 26.1 Å². The number of carbonyl (C=O) groups excluding carboxylic acids is 3. The Morgan fingerprint density at radius 1 is 1.00 bits per heavy atom. The Kier molecular flexibility index (Phi) is 6.92. The molecular weight excluding hydrogens is 410 g/mol. The second-order valence-electron chi connectivity index (χ2n) is 7.93. The molecule has 0 bridgehead atoms. The summed E-state index contributed by atoms with van der Waals surface area (Å²) in [4.78, 5) is 42.3. The van der Waals surface area contributed by atoms with Crippen LogP contribution in [0.25, 0.3) is 0 Å². The topological polar surface area (TPSA) is 69.7 Å². The maximum Gasteiger partial charge on any atom is 0.245 e. The van der Waals surface area contributed by atoms with Crippen molar-refractivity contribution in [3.63, 3.8) is 0 Å². The van der Waals surface area contributed by atoms with Gasteiger partial charge in [-0.1, -0.05) is 48.5 Å². The molecule has 0 spiro atoms. The number of nitrogens with one attached hydrogen (secondary N) is 1. The summed E-state index contributed by atoms with van der Waals surface area (Å²) >= 11 is 1.84. The van der Waals surface area contributed by atoms with Crippen molar-refractivity contribution in [3.05, 3.63) is 66.2 Å². The first-order chi connectivity index (χ1) is 15.1. The number of thioether (sulfide) groups is 1. The Hall–Kier alpha value is -2.80. The van der Waals surface area contributed by atoms with E-state index in [4.69, 9.17) is 0 Å². The predicted octanol–water partition coefficient (Wildman–Crippen LogP) is 2.34. The lowest BCUT2D eigenvalue weighted by Crippen LogP contribution is -2.53. The van der Waals surface area contributed by atoms with E-state index in [0.717, 1.165) is 22.8 Å². The number of benzene rings is 2. The Morgan fingerprint density at radius 3 is 2.32 bits per heavy atom. The smallest absolute Gasteiger partial charge is 0.245 e. The number of carbonyl (C=O) groups is 3. The molecule has 0 unspecified atom stereocenters. The average Bonchev–Trinajstić information content (AvgIpc) is 3.22. The van der Waals surface area contributed by atoms with E-state index in [9.17, 15) is 14.4 Å². The minimum absolute atomic E-state index is 0.0401. The van der Waals surface area contributed by atoms with Crippen LogP contribution >= 0.6 is 11.8 Å². The highest BCUT2D eigenvalue weighted by atomic mass is 32.2. The summed E-state index contributed by atoms with van der Waals surface area (Å²) in [6.07, 6.45) is 0.603. The van der Waals surface area contributed by atoms with Gasteiger partial charge in [-0.25, -0.2) is 0 Å². The summed E-state index contributed by atoms with van der Waals surface area (Å²) in [5, 5.41) is 2.98. The molecule has 0 aromatic heterocycles. The van der Waals surface area contributed by atoms with Gasteiger partial charge in [0.25, 0.3) is 0 Å². The molecule has 2 aromatic carbocycles. The molecule has 31 heavy (non-hydrogen) atoms. The van der Waals surface area contributed by atoms with Crippen molar-refractivity contribution in [2.75, 3.05) is 36.0 Å². The molecule has 7 heteroatoms. The molecule has 2 aliphatic heterocycles. The molecule has 4 rings (SSSR count). The zero-order chi connectivity index (χ0) is 21.6. The fourth-order valence-electron chi connectivity index (χ4n) is 4.08. The van der Waals surface area contributed by atoms with Crippen LogP contribution in [-0.2, 0) is 20.8 Å². The van der Waals surface area contributed by atoms with Crippen molar-refractivity contribution in [2.45, 2.75) is 18.9 Å². The van der Waals surface area contributed by atoms with Crippen LogP contribution in [0, 0.1) is 5.92 Å². The Morgan fingerprint density at radius 2 is 1.65 bits per heavy atom. The number of hydrogen-bond donors (Lipinski definition) is 1. The molecule has 2 atom stereocenters. The number of rotatable bonds is 6. The van der Waals surface area contributed by atoms with E-state index >= 15 is 0 Å². The summed E-state index contributed by atoms with van der Waals surface area (Å²) in [6, 6.07) is 18.5. The first-order valence-electron chi connectivity index (χ1n) is 10.7. The zero-order valence-corrected chi connectivity index (χ0v) is 18.2. The van der Waals surface area contributed by atoms with Crippen molar-refractivity contribution >= 4 is 35.2 Å². The second-order valence-corrected chi connectivity index (χ2v) is 9.15. The lowest BCUT2D eigenvalue weighted by Gasteiger charge is -2.31. The van der Waals surface area contributed by atoms with Gasteiger partial charge < -0.3 is 15.1 Å². The number of amides is 3. The van der Waals surface area contributed by atoms with Crippen LogP contribution in [0.2, 0.25) is 0 Å². The lowest BCUT2D eigenvalue weighted by molar-refractivity contribution is -0.137. The summed E-state index contributed by atoms with van der Waals surface area (Å²) in [5.74, 6) is 1.04. The van der Waals surface area contributed by atoms with Gasteiger partial charge in [0.1, 0.15) is 6.04 Å². The van der Waals surface area contributed by atoms with Crippen molar-refractivity contribution < 1.29 is 14.4 Å². The third-order valence-electron chi connectivity index (χ3n) is 5.78. The van der Waals surface area contributed by atoms with Crippen LogP contribution in [0.5, 0.6) is 0 Å². The second kappa shape index (κ2) is 10.0. The fourth-order valence-corrected chi connectivity index (χ4v) is 4.99. The number of anilines is 1. The van der Waals surface area contributed by atoms with Gasteiger partial charge >= 0.3 is 0 Å². The van der Waals surface area contributed by atoms with Crippen molar-refractivity contribution in [1.29, 1.82) is 0 Å². The Labute approximate surface area is 187 Å². The summed E-state index contributed by atoms with van der Waals surface area (Å²) in [6.45, 7) is 1.74. The average molecular weight is 438 g/mol. The highest BCUT2D eigenvalue weighted by molar-refractivity contribution is 7.99. The molecule has 6 nitrogen and oxygen atoms in total. The minimum Gasteiger partial charge on any atom is -0.344 e. The van der Waals surface area contributed by atoms with Crippen LogP contribution in [-0.4, -0.2) is 59.8 Å². The van der Waals surface area contributed by atoms with Gasteiger partial charge in [-0.05, 0) is 17.7 Å². The van der Waals surface area contributed by atoms with E-state index in [1.54, 1.807) is 4.90 Å². The third kappa shape index (κ3) is 5.28. The first kappa shape index (κ1) is 21.4. The van der Waals surface area contributed by atoms with Gasteiger partial charge in [0.15, 0.2) is 0 Å². The van der Waals surface area contributed by atoms with E-state index in [1.807, 2.05) is 77.3 Å². The summed E-state index contributed by atoms with van der Waals surface area (Å²) in [5.41, 5.74) is 1.80. The van der Waals surface area contributed by atoms with Crippen molar-refractivity contribution in [3.8, 4) is 0 Å². The molecule has 2 heterocycles. The molecule has 0 aliphatic carbocycles. The standard InChI is InChI=1S/C24H27N3O3S/c28-22-16-19(17-27(22)20-9-5-2-6-10-20)23(29)25-21(15-18-7-3-1-4-8-18)24(30)26-11-13-31-14-12-26/h1-10,19,21H,11-17H2,(H,25,29)/t19-,21+/m1/s1. The number of para-hydroxylation sites is 1. The van der Waals surface area contributed by atoms with E-state index < -0.39 is 12.0 Å². The third-order valence-corrected chi connectivity index (χ3v) is 6.73. The Balaban J connectivity index is 1.46. The van der Waals surface area contributed by atoms with Gasteiger partial charge in [-0.15, -0.1) is 0 Å². The zero-order valence-electron chi connectivity index (χ0n) is 17.4. The number of nitrogens with zero attached hydrogens (tertiary/aromatic N) is 2. The van der Waals surface area contributed by atoms with E-state index in [2.05, 4.69) is 5.32 Å². The normalized spacial score (nSPS) is 19.9. The molecule has 0 radical (unpaired) electrons.